The van der Waals surface area contributed by atoms with Crippen LogP contribution in [0.25, 0.3) is 15.7 Å². The van der Waals surface area contributed by atoms with Crippen molar-refractivity contribution in [1.29, 1.82) is 0 Å². The third kappa shape index (κ3) is 2.85. The zero-order chi connectivity index (χ0) is 17.4. The van der Waals surface area contributed by atoms with Crippen LogP contribution < -0.4 is 10.9 Å². The van der Waals surface area contributed by atoms with Gasteiger partial charge in [0.2, 0.25) is 5.91 Å². The molecule has 7 nitrogen and oxygen atoms in total. The highest BCUT2D eigenvalue weighted by Crippen LogP contribution is 2.27. The van der Waals surface area contributed by atoms with Crippen molar-refractivity contribution >= 4 is 33.0 Å². The van der Waals surface area contributed by atoms with Gasteiger partial charge in [0, 0.05) is 4.88 Å². The van der Waals surface area contributed by atoms with Crippen molar-refractivity contribution in [1.82, 2.24) is 19.5 Å². The Morgan fingerprint density at radius 3 is 3.00 bits per heavy atom. The Hall–Kier alpha value is -2.87. The second-order valence-electron chi connectivity index (χ2n) is 5.67. The molecule has 0 aliphatic carbocycles. The molecule has 0 saturated heterocycles. The molecule has 0 atom stereocenters. The first-order valence-corrected chi connectivity index (χ1v) is 8.76. The van der Waals surface area contributed by atoms with Gasteiger partial charge >= 0.3 is 0 Å². The molecule has 0 unspecified atom stereocenters. The van der Waals surface area contributed by atoms with Gasteiger partial charge in [0.1, 0.15) is 24.1 Å². The van der Waals surface area contributed by atoms with E-state index in [0.717, 1.165) is 16.6 Å². The van der Waals surface area contributed by atoms with Gasteiger partial charge in [0.25, 0.3) is 5.56 Å². The van der Waals surface area contributed by atoms with Crippen molar-refractivity contribution in [2.24, 2.45) is 0 Å². The number of carbonyl (C=O) groups is 1. The van der Waals surface area contributed by atoms with Crippen LogP contribution in [-0.4, -0.2) is 20.1 Å². The third-order valence-electron chi connectivity index (χ3n) is 4.02. The van der Waals surface area contributed by atoms with Gasteiger partial charge in [-0.2, -0.15) is 5.10 Å². The Bertz CT molecular complexity index is 1100. The van der Waals surface area contributed by atoms with Gasteiger partial charge in [-0.3, -0.25) is 14.0 Å². The number of rotatable bonds is 5. The average Bonchev–Trinajstić information content (AvgIpc) is 3.31. The summed E-state index contributed by atoms with van der Waals surface area (Å²) in [6.07, 6.45) is 4.09. The second-order valence-corrected chi connectivity index (χ2v) is 6.83. The van der Waals surface area contributed by atoms with E-state index >= 15 is 0 Å². The van der Waals surface area contributed by atoms with E-state index in [9.17, 15) is 9.59 Å². The summed E-state index contributed by atoms with van der Waals surface area (Å²) in [5.74, 6) is 0.361. The van der Waals surface area contributed by atoms with E-state index in [2.05, 4.69) is 23.4 Å². The molecule has 0 fully saturated rings. The summed E-state index contributed by atoms with van der Waals surface area (Å²) in [5, 5.41) is 6.84. The van der Waals surface area contributed by atoms with Crippen molar-refractivity contribution in [2.45, 2.75) is 26.4 Å². The number of amides is 1. The summed E-state index contributed by atoms with van der Waals surface area (Å²) in [7, 11) is 0. The first kappa shape index (κ1) is 15.6. The van der Waals surface area contributed by atoms with E-state index < -0.39 is 0 Å². The highest BCUT2D eigenvalue weighted by molar-refractivity contribution is 7.19. The summed E-state index contributed by atoms with van der Waals surface area (Å²) in [4.78, 5) is 25.9. The van der Waals surface area contributed by atoms with Gasteiger partial charge in [0.05, 0.1) is 23.0 Å². The zero-order valence-electron chi connectivity index (χ0n) is 13.6. The third-order valence-corrected chi connectivity index (χ3v) is 5.24. The van der Waals surface area contributed by atoms with E-state index in [1.807, 2.05) is 6.07 Å². The molecule has 128 valence electrons. The summed E-state index contributed by atoms with van der Waals surface area (Å²) in [6, 6.07) is 7.47. The molecule has 4 heterocycles. The van der Waals surface area contributed by atoms with Crippen LogP contribution in [0.15, 0.2) is 46.1 Å². The Labute approximate surface area is 146 Å². The quantitative estimate of drug-likeness (QED) is 0.594. The van der Waals surface area contributed by atoms with Crippen LogP contribution in [0.2, 0.25) is 0 Å². The van der Waals surface area contributed by atoms with E-state index in [4.69, 9.17) is 4.42 Å². The Morgan fingerprint density at radius 2 is 2.24 bits per heavy atom. The number of aryl methyl sites for hydroxylation is 1. The zero-order valence-corrected chi connectivity index (χ0v) is 14.4. The van der Waals surface area contributed by atoms with E-state index in [-0.39, 0.29) is 24.6 Å². The van der Waals surface area contributed by atoms with Gasteiger partial charge in [-0.05, 0) is 30.7 Å². The smallest absolute Gasteiger partial charge is 0.291 e. The van der Waals surface area contributed by atoms with E-state index in [0.29, 0.717) is 11.3 Å². The van der Waals surface area contributed by atoms with Gasteiger partial charge in [-0.15, -0.1) is 11.3 Å². The van der Waals surface area contributed by atoms with Crippen molar-refractivity contribution in [3.05, 3.63) is 57.8 Å². The number of hydrogen-bond donors (Lipinski definition) is 1. The largest absolute Gasteiger partial charge is 0.467 e. The van der Waals surface area contributed by atoms with Crippen molar-refractivity contribution < 1.29 is 9.21 Å². The Balaban J connectivity index is 1.58. The van der Waals surface area contributed by atoms with Crippen LogP contribution in [0, 0.1) is 0 Å². The topological polar surface area (TPSA) is 81.5 Å². The lowest BCUT2D eigenvalue weighted by Gasteiger charge is -2.06. The number of nitrogens with one attached hydrogen (secondary N) is 1. The first-order valence-electron chi connectivity index (χ1n) is 7.94. The maximum atomic E-state index is 12.6. The lowest BCUT2D eigenvalue weighted by molar-refractivity contribution is -0.122. The summed E-state index contributed by atoms with van der Waals surface area (Å²) >= 11 is 1.67. The highest BCUT2D eigenvalue weighted by Gasteiger charge is 2.13. The maximum absolute atomic E-state index is 12.6. The normalized spacial score (nSPS) is 11.4. The van der Waals surface area contributed by atoms with Crippen LogP contribution in [0.4, 0.5) is 0 Å². The van der Waals surface area contributed by atoms with Crippen molar-refractivity contribution in [2.75, 3.05) is 0 Å². The molecule has 8 heteroatoms. The Kier molecular flexibility index (Phi) is 3.89. The molecule has 4 rings (SSSR count). The van der Waals surface area contributed by atoms with Crippen LogP contribution >= 0.6 is 11.3 Å². The predicted octanol–water partition coefficient (Wildman–Crippen LogP) is 2.18. The van der Waals surface area contributed by atoms with E-state index in [1.165, 1.54) is 9.56 Å². The average molecular weight is 356 g/mol. The summed E-state index contributed by atoms with van der Waals surface area (Å²) in [5.41, 5.74) is 1.23. The number of nitrogens with zero attached hydrogens (tertiary/aromatic N) is 3. The van der Waals surface area contributed by atoms with Gasteiger partial charge < -0.3 is 9.73 Å². The second kappa shape index (κ2) is 6.21. The molecule has 0 aliphatic rings. The molecule has 4 aromatic rings. The Morgan fingerprint density at radius 1 is 1.36 bits per heavy atom. The summed E-state index contributed by atoms with van der Waals surface area (Å²) in [6.45, 7) is 2.25. The molecule has 0 saturated carbocycles. The minimum atomic E-state index is -0.294. The number of thiophene rings is 1. The van der Waals surface area contributed by atoms with Crippen LogP contribution in [0.1, 0.15) is 17.6 Å². The molecule has 0 bridgehead atoms. The van der Waals surface area contributed by atoms with Gasteiger partial charge in [0.15, 0.2) is 0 Å². The molecular weight excluding hydrogens is 340 g/mol. The standard InChI is InChI=1S/C17H16N4O3S/c1-2-12-6-13-15(25-12)7-14-17(23)21(19-10-20(13)14)9-16(22)18-8-11-4-3-5-24-11/h3-7,10H,2,8-9H2,1H3,(H,18,22). The molecule has 1 amide bonds. The number of fused-ring (bicyclic) bond motifs is 3. The SMILES string of the molecule is CCc1cc2c(cc3c(=O)n(CC(=O)NCc4ccco4)ncn32)s1. The van der Waals surface area contributed by atoms with Gasteiger partial charge in [-0.25, -0.2) is 4.68 Å². The molecule has 25 heavy (non-hydrogen) atoms. The fraction of sp³-hybridized carbons (Fsp3) is 0.235. The number of carbonyl (C=O) groups excluding carboxylic acids is 1. The molecule has 0 aliphatic heterocycles. The van der Waals surface area contributed by atoms with Crippen molar-refractivity contribution in [3.63, 3.8) is 0 Å². The molecular formula is C17H16N4O3S. The number of hydrogen-bond acceptors (Lipinski definition) is 5. The predicted molar refractivity (Wildman–Crippen MR) is 94.8 cm³/mol. The fourth-order valence-electron chi connectivity index (χ4n) is 2.73. The van der Waals surface area contributed by atoms with Crippen LogP contribution in [0.3, 0.4) is 0 Å². The fourth-order valence-corrected chi connectivity index (χ4v) is 3.76. The van der Waals surface area contributed by atoms with Crippen LogP contribution in [-0.2, 0) is 24.3 Å². The van der Waals surface area contributed by atoms with Crippen LogP contribution in [0.5, 0.6) is 0 Å². The minimum absolute atomic E-state index is 0.130. The lowest BCUT2D eigenvalue weighted by Crippen LogP contribution is -2.33. The minimum Gasteiger partial charge on any atom is -0.467 e. The maximum Gasteiger partial charge on any atom is 0.291 e. The first-order chi connectivity index (χ1) is 12.2. The monoisotopic (exact) mass is 356 g/mol. The number of furan rings is 1. The van der Waals surface area contributed by atoms with Crippen molar-refractivity contribution in [3.8, 4) is 0 Å². The molecule has 0 radical (unpaired) electrons. The highest BCUT2D eigenvalue weighted by atomic mass is 32.1. The molecule has 0 spiro atoms. The number of aromatic nitrogens is 3. The van der Waals surface area contributed by atoms with E-state index in [1.54, 1.807) is 40.5 Å². The molecule has 0 aromatic carbocycles. The summed E-state index contributed by atoms with van der Waals surface area (Å²) < 4.78 is 9.17. The molecule has 4 aromatic heterocycles. The molecule has 1 N–H and O–H groups in total. The lowest BCUT2D eigenvalue weighted by atomic mass is 10.3. The van der Waals surface area contributed by atoms with Gasteiger partial charge in [-0.1, -0.05) is 6.92 Å².